The average Bonchev–Trinajstić information content (AvgIpc) is 1.87. The Bertz CT molecular complexity index is 93.6. The Morgan fingerprint density at radius 2 is 1.82 bits per heavy atom. The molecular formula is C9H20OS. The topological polar surface area (TPSA) is 20.2 Å². The van der Waals surface area contributed by atoms with Gasteiger partial charge in [0.05, 0.1) is 6.10 Å². The molecule has 0 aliphatic carbocycles. The van der Waals surface area contributed by atoms with Gasteiger partial charge in [0.2, 0.25) is 0 Å². The van der Waals surface area contributed by atoms with Gasteiger partial charge in [-0.25, -0.2) is 0 Å². The van der Waals surface area contributed by atoms with Crippen LogP contribution < -0.4 is 0 Å². The first-order valence-corrected chi connectivity index (χ1v) is 5.35. The zero-order valence-corrected chi connectivity index (χ0v) is 8.82. The van der Waals surface area contributed by atoms with Crippen molar-refractivity contribution in [3.05, 3.63) is 0 Å². The summed E-state index contributed by atoms with van der Waals surface area (Å²) in [6.07, 6.45) is 2.31. The molecule has 1 nitrogen and oxygen atoms in total. The predicted octanol–water partition coefficient (Wildman–Crippen LogP) is 2.68. The molecule has 11 heavy (non-hydrogen) atoms. The lowest BCUT2D eigenvalue weighted by Gasteiger charge is -2.18. The van der Waals surface area contributed by atoms with Gasteiger partial charge in [-0.1, -0.05) is 27.2 Å². The third kappa shape index (κ3) is 5.57. The van der Waals surface area contributed by atoms with Crippen molar-refractivity contribution < 1.29 is 5.11 Å². The van der Waals surface area contributed by atoms with Gasteiger partial charge in [0.15, 0.2) is 0 Å². The summed E-state index contributed by atoms with van der Waals surface area (Å²) in [4.78, 5) is 0. The molecule has 0 aromatic carbocycles. The quantitative estimate of drug-likeness (QED) is 0.695. The highest BCUT2D eigenvalue weighted by Gasteiger charge is 2.12. The first kappa shape index (κ1) is 11.3. The standard InChI is InChI=1S/C9H20OS/c1-5-6-7(2)11-9(4)8(3)10/h7-10H,5-6H2,1-4H3. The van der Waals surface area contributed by atoms with E-state index in [-0.39, 0.29) is 6.10 Å². The van der Waals surface area contributed by atoms with Gasteiger partial charge in [0.1, 0.15) is 0 Å². The number of aliphatic hydroxyl groups is 1. The van der Waals surface area contributed by atoms with Gasteiger partial charge in [-0.05, 0) is 13.3 Å². The highest BCUT2D eigenvalue weighted by atomic mass is 32.2. The first-order chi connectivity index (χ1) is 5.07. The molecule has 0 aliphatic rings. The number of hydrogen-bond acceptors (Lipinski definition) is 2. The Balaban J connectivity index is 3.48. The van der Waals surface area contributed by atoms with Crippen LogP contribution in [0.3, 0.4) is 0 Å². The van der Waals surface area contributed by atoms with Crippen molar-refractivity contribution in [1.29, 1.82) is 0 Å². The molecule has 2 heteroatoms. The lowest BCUT2D eigenvalue weighted by molar-refractivity contribution is 0.196. The smallest absolute Gasteiger partial charge is 0.0628 e. The van der Waals surface area contributed by atoms with Crippen molar-refractivity contribution in [2.45, 2.75) is 57.1 Å². The molecule has 0 rings (SSSR count). The Kier molecular flexibility index (Phi) is 6.06. The molecule has 0 saturated heterocycles. The van der Waals surface area contributed by atoms with E-state index in [4.69, 9.17) is 0 Å². The molecule has 0 radical (unpaired) electrons. The minimum Gasteiger partial charge on any atom is -0.392 e. The molecule has 0 heterocycles. The summed E-state index contributed by atoms with van der Waals surface area (Å²) in [6, 6.07) is 0. The number of aliphatic hydroxyl groups excluding tert-OH is 1. The number of hydrogen-bond donors (Lipinski definition) is 1. The maximum atomic E-state index is 9.22. The van der Waals surface area contributed by atoms with Crippen molar-refractivity contribution in [1.82, 2.24) is 0 Å². The third-order valence-electron chi connectivity index (χ3n) is 1.82. The number of thioether (sulfide) groups is 1. The fourth-order valence-corrected chi connectivity index (χ4v) is 2.29. The Hall–Kier alpha value is 0.310. The minimum atomic E-state index is -0.181. The van der Waals surface area contributed by atoms with Crippen LogP contribution in [0, 0.1) is 0 Å². The SMILES string of the molecule is CCCC(C)SC(C)C(C)O. The lowest BCUT2D eigenvalue weighted by atomic mass is 10.3. The van der Waals surface area contributed by atoms with Gasteiger partial charge >= 0.3 is 0 Å². The summed E-state index contributed by atoms with van der Waals surface area (Å²) in [5.41, 5.74) is 0. The van der Waals surface area contributed by atoms with Crippen molar-refractivity contribution in [2.24, 2.45) is 0 Å². The zero-order valence-electron chi connectivity index (χ0n) is 8.00. The molecule has 3 atom stereocenters. The maximum absolute atomic E-state index is 9.22. The van der Waals surface area contributed by atoms with E-state index < -0.39 is 0 Å². The van der Waals surface area contributed by atoms with Crippen molar-refractivity contribution in [3.8, 4) is 0 Å². The maximum Gasteiger partial charge on any atom is 0.0628 e. The lowest BCUT2D eigenvalue weighted by Crippen LogP contribution is -2.18. The van der Waals surface area contributed by atoms with Crippen LogP contribution in [0.2, 0.25) is 0 Å². The summed E-state index contributed by atoms with van der Waals surface area (Å²) in [6.45, 7) is 8.37. The van der Waals surface area contributed by atoms with Crippen LogP contribution in [0.4, 0.5) is 0 Å². The highest BCUT2D eigenvalue weighted by molar-refractivity contribution is 8.00. The second-order valence-corrected chi connectivity index (χ2v) is 5.00. The van der Waals surface area contributed by atoms with E-state index in [2.05, 4.69) is 20.8 Å². The van der Waals surface area contributed by atoms with Gasteiger partial charge in [-0.3, -0.25) is 0 Å². The Morgan fingerprint density at radius 1 is 1.27 bits per heavy atom. The molecule has 0 spiro atoms. The number of rotatable bonds is 5. The monoisotopic (exact) mass is 176 g/mol. The van der Waals surface area contributed by atoms with E-state index in [0.29, 0.717) is 10.5 Å². The Labute approximate surface area is 74.6 Å². The van der Waals surface area contributed by atoms with Crippen LogP contribution in [0.5, 0.6) is 0 Å². The summed E-state index contributed by atoms with van der Waals surface area (Å²) < 4.78 is 0. The molecule has 1 N–H and O–H groups in total. The molecular weight excluding hydrogens is 156 g/mol. The van der Waals surface area contributed by atoms with Crippen molar-refractivity contribution in [2.75, 3.05) is 0 Å². The van der Waals surface area contributed by atoms with Gasteiger partial charge in [0.25, 0.3) is 0 Å². The van der Waals surface area contributed by atoms with E-state index in [1.807, 2.05) is 18.7 Å². The molecule has 0 aliphatic heterocycles. The van der Waals surface area contributed by atoms with Crippen LogP contribution in [0.25, 0.3) is 0 Å². The summed E-state index contributed by atoms with van der Waals surface area (Å²) in [5.74, 6) is 0. The minimum absolute atomic E-state index is 0.181. The van der Waals surface area contributed by atoms with Crippen LogP contribution in [0.15, 0.2) is 0 Å². The summed E-state index contributed by atoms with van der Waals surface area (Å²) in [5, 5.41) is 10.3. The van der Waals surface area contributed by atoms with Gasteiger partial charge in [-0.15, -0.1) is 0 Å². The van der Waals surface area contributed by atoms with Gasteiger partial charge in [-0.2, -0.15) is 11.8 Å². The van der Waals surface area contributed by atoms with E-state index in [1.165, 1.54) is 12.8 Å². The molecule has 0 saturated carbocycles. The molecule has 0 amide bonds. The molecule has 0 aromatic rings. The molecule has 68 valence electrons. The summed E-state index contributed by atoms with van der Waals surface area (Å²) >= 11 is 1.88. The molecule has 0 aromatic heterocycles. The van der Waals surface area contributed by atoms with E-state index in [0.717, 1.165) is 0 Å². The normalized spacial score (nSPS) is 19.4. The Morgan fingerprint density at radius 3 is 2.18 bits per heavy atom. The predicted molar refractivity (Wildman–Crippen MR) is 53.1 cm³/mol. The van der Waals surface area contributed by atoms with E-state index in [1.54, 1.807) is 0 Å². The van der Waals surface area contributed by atoms with Crippen molar-refractivity contribution >= 4 is 11.8 Å². The average molecular weight is 176 g/mol. The second-order valence-electron chi connectivity index (χ2n) is 3.18. The van der Waals surface area contributed by atoms with Crippen molar-refractivity contribution in [3.63, 3.8) is 0 Å². The van der Waals surface area contributed by atoms with Crippen LogP contribution in [0.1, 0.15) is 40.5 Å². The van der Waals surface area contributed by atoms with E-state index in [9.17, 15) is 5.11 Å². The summed E-state index contributed by atoms with van der Waals surface area (Å²) in [7, 11) is 0. The third-order valence-corrected chi connectivity index (χ3v) is 3.35. The van der Waals surface area contributed by atoms with Crippen LogP contribution in [-0.4, -0.2) is 21.7 Å². The molecule has 0 bridgehead atoms. The fourth-order valence-electron chi connectivity index (χ4n) is 0.955. The first-order valence-electron chi connectivity index (χ1n) is 4.41. The second kappa shape index (κ2) is 5.90. The van der Waals surface area contributed by atoms with Crippen LogP contribution in [-0.2, 0) is 0 Å². The van der Waals surface area contributed by atoms with Gasteiger partial charge in [0, 0.05) is 10.5 Å². The largest absolute Gasteiger partial charge is 0.392 e. The van der Waals surface area contributed by atoms with Crippen LogP contribution >= 0.6 is 11.8 Å². The zero-order chi connectivity index (χ0) is 8.85. The molecule has 0 fully saturated rings. The highest BCUT2D eigenvalue weighted by Crippen LogP contribution is 2.22. The van der Waals surface area contributed by atoms with E-state index >= 15 is 0 Å². The molecule has 3 unspecified atom stereocenters. The fraction of sp³-hybridized carbons (Fsp3) is 1.00. The van der Waals surface area contributed by atoms with Gasteiger partial charge < -0.3 is 5.11 Å².